The van der Waals surface area contributed by atoms with Gasteiger partial charge in [-0.1, -0.05) is 97.9 Å². The summed E-state index contributed by atoms with van der Waals surface area (Å²) >= 11 is 0. The summed E-state index contributed by atoms with van der Waals surface area (Å²) in [6.07, 6.45) is 1.02. The number of rotatable bonds is 3. The predicted octanol–water partition coefficient (Wildman–Crippen LogP) is 7.23. The number of hydrogen-bond acceptors (Lipinski definition) is 0. The van der Waals surface area contributed by atoms with E-state index in [1.165, 1.54) is 50.1 Å². The molecule has 0 fully saturated rings. The van der Waals surface area contributed by atoms with Crippen molar-refractivity contribution in [2.75, 3.05) is 0 Å². The van der Waals surface area contributed by atoms with Crippen LogP contribution in [0.4, 0.5) is 0 Å². The maximum Gasteiger partial charge on any atom is 0.0721 e. The van der Waals surface area contributed by atoms with E-state index < -0.39 is 0 Å². The third kappa shape index (κ3) is 2.39. The minimum Gasteiger partial charge on any atom is -0.0620 e. The third-order valence-corrected chi connectivity index (χ3v) is 6.63. The molecule has 0 aliphatic heterocycles. The van der Waals surface area contributed by atoms with Gasteiger partial charge in [-0.25, -0.2) is 0 Å². The first kappa shape index (κ1) is 17.9. The maximum absolute atomic E-state index is 2.34. The van der Waals surface area contributed by atoms with Crippen LogP contribution in [0.1, 0.15) is 45.9 Å². The molecule has 0 atom stereocenters. The van der Waals surface area contributed by atoms with Gasteiger partial charge in [0, 0.05) is 0 Å². The molecular weight excluding hydrogens is 348 g/mol. The van der Waals surface area contributed by atoms with E-state index in [-0.39, 0.29) is 5.41 Å². The molecule has 4 aromatic rings. The van der Waals surface area contributed by atoms with Gasteiger partial charge in [0.25, 0.3) is 0 Å². The van der Waals surface area contributed by atoms with Gasteiger partial charge in [0.2, 0.25) is 0 Å². The van der Waals surface area contributed by atoms with Crippen molar-refractivity contribution in [3.05, 3.63) is 130 Å². The van der Waals surface area contributed by atoms with Crippen molar-refractivity contribution >= 4 is 0 Å². The Morgan fingerprint density at radius 3 is 1.66 bits per heavy atom. The average molecular weight is 375 g/mol. The van der Waals surface area contributed by atoms with E-state index in [0.29, 0.717) is 0 Å². The van der Waals surface area contributed by atoms with Gasteiger partial charge in [-0.3, -0.25) is 0 Å². The molecule has 0 heteroatoms. The Morgan fingerprint density at radius 1 is 0.552 bits per heavy atom. The van der Waals surface area contributed by atoms with Crippen molar-refractivity contribution in [1.29, 1.82) is 0 Å². The molecule has 1 aliphatic rings. The van der Waals surface area contributed by atoms with Crippen LogP contribution in [0.5, 0.6) is 0 Å². The van der Waals surface area contributed by atoms with E-state index in [1.807, 2.05) is 0 Å². The smallest absolute Gasteiger partial charge is 0.0620 e. The van der Waals surface area contributed by atoms with Crippen LogP contribution in [0.25, 0.3) is 11.1 Å². The molecule has 0 radical (unpaired) electrons. The molecular formula is C29H26. The van der Waals surface area contributed by atoms with Gasteiger partial charge >= 0.3 is 0 Å². The summed E-state index contributed by atoms with van der Waals surface area (Å²) in [4.78, 5) is 0. The molecule has 29 heavy (non-hydrogen) atoms. The molecule has 0 N–H and O–H groups in total. The molecule has 142 valence electrons. The fourth-order valence-electron chi connectivity index (χ4n) is 5.43. The SMILES string of the molecule is CCc1cccc2c1C(c1ccccc1C)(c1ccccc1C)c1ccccc1-2. The molecule has 0 spiro atoms. The normalized spacial score (nSPS) is 13.8. The van der Waals surface area contributed by atoms with Crippen molar-refractivity contribution < 1.29 is 0 Å². The molecule has 0 nitrogen and oxygen atoms in total. The topological polar surface area (TPSA) is 0 Å². The fraction of sp³-hybridized carbons (Fsp3) is 0.172. The van der Waals surface area contributed by atoms with Crippen LogP contribution in [-0.2, 0) is 11.8 Å². The summed E-state index contributed by atoms with van der Waals surface area (Å²) in [6.45, 7) is 6.79. The Bertz CT molecular complexity index is 1170. The van der Waals surface area contributed by atoms with Crippen molar-refractivity contribution in [2.24, 2.45) is 0 Å². The molecule has 0 saturated heterocycles. The van der Waals surface area contributed by atoms with E-state index in [4.69, 9.17) is 0 Å². The molecule has 0 aromatic heterocycles. The number of fused-ring (bicyclic) bond motifs is 3. The maximum atomic E-state index is 2.34. The second-order valence-electron chi connectivity index (χ2n) is 8.12. The number of aryl methyl sites for hydroxylation is 3. The van der Waals surface area contributed by atoms with Gasteiger partial charge in [0.1, 0.15) is 0 Å². The molecule has 0 unspecified atom stereocenters. The van der Waals surface area contributed by atoms with E-state index in [2.05, 4.69) is 112 Å². The molecule has 0 heterocycles. The van der Waals surface area contributed by atoms with Crippen LogP contribution in [0.3, 0.4) is 0 Å². The van der Waals surface area contributed by atoms with Gasteiger partial charge in [-0.2, -0.15) is 0 Å². The Balaban J connectivity index is 2.06. The van der Waals surface area contributed by atoms with Crippen LogP contribution < -0.4 is 0 Å². The van der Waals surface area contributed by atoms with E-state index in [0.717, 1.165) is 6.42 Å². The summed E-state index contributed by atoms with van der Waals surface area (Å²) in [5.41, 5.74) is 12.2. The second-order valence-corrected chi connectivity index (χ2v) is 8.12. The number of hydrogen-bond donors (Lipinski definition) is 0. The van der Waals surface area contributed by atoms with Crippen LogP contribution >= 0.6 is 0 Å². The minimum absolute atomic E-state index is 0.283. The summed E-state index contributed by atoms with van der Waals surface area (Å²) in [6, 6.07) is 33.7. The van der Waals surface area contributed by atoms with Gasteiger partial charge in [0.15, 0.2) is 0 Å². The fourth-order valence-corrected chi connectivity index (χ4v) is 5.43. The molecule has 0 saturated carbocycles. The summed E-state index contributed by atoms with van der Waals surface area (Å²) in [5, 5.41) is 0. The first-order valence-corrected chi connectivity index (χ1v) is 10.5. The third-order valence-electron chi connectivity index (χ3n) is 6.63. The Morgan fingerprint density at radius 2 is 1.07 bits per heavy atom. The zero-order valence-corrected chi connectivity index (χ0v) is 17.4. The molecule has 5 rings (SSSR count). The second kappa shape index (κ2) is 6.74. The van der Waals surface area contributed by atoms with Crippen LogP contribution in [0, 0.1) is 13.8 Å². The highest BCUT2D eigenvalue weighted by atomic mass is 14.5. The van der Waals surface area contributed by atoms with Crippen LogP contribution in [-0.4, -0.2) is 0 Å². The van der Waals surface area contributed by atoms with E-state index in [1.54, 1.807) is 0 Å². The lowest BCUT2D eigenvalue weighted by Crippen LogP contribution is -2.31. The van der Waals surface area contributed by atoms with E-state index in [9.17, 15) is 0 Å². The zero-order chi connectivity index (χ0) is 20.0. The van der Waals surface area contributed by atoms with E-state index >= 15 is 0 Å². The van der Waals surface area contributed by atoms with Gasteiger partial charge < -0.3 is 0 Å². The molecule has 1 aliphatic carbocycles. The minimum atomic E-state index is -0.283. The lowest BCUT2D eigenvalue weighted by Gasteiger charge is -2.37. The monoisotopic (exact) mass is 374 g/mol. The number of benzene rings is 4. The van der Waals surface area contributed by atoms with Crippen molar-refractivity contribution in [1.82, 2.24) is 0 Å². The largest absolute Gasteiger partial charge is 0.0721 e. The standard InChI is InChI=1S/C29H26/c1-4-22-14-11-16-24-23-15-7-10-19-27(23)29(28(22)24,25-17-8-5-12-20(25)2)26-18-9-6-13-21(26)3/h5-19H,4H2,1-3H3. The highest BCUT2D eigenvalue weighted by Gasteiger charge is 2.48. The quantitative estimate of drug-likeness (QED) is 0.312. The zero-order valence-electron chi connectivity index (χ0n) is 17.4. The lowest BCUT2D eigenvalue weighted by atomic mass is 9.64. The first-order valence-electron chi connectivity index (χ1n) is 10.5. The van der Waals surface area contributed by atoms with Gasteiger partial charge in [-0.15, -0.1) is 0 Å². The van der Waals surface area contributed by atoms with Gasteiger partial charge in [-0.05, 0) is 70.3 Å². The van der Waals surface area contributed by atoms with Gasteiger partial charge in [0.05, 0.1) is 5.41 Å². The van der Waals surface area contributed by atoms with Crippen molar-refractivity contribution in [3.8, 4) is 11.1 Å². The van der Waals surface area contributed by atoms with Crippen molar-refractivity contribution in [3.63, 3.8) is 0 Å². The Labute approximate surface area is 173 Å². The Hall–Kier alpha value is -3.12. The summed E-state index contributed by atoms with van der Waals surface area (Å²) < 4.78 is 0. The summed E-state index contributed by atoms with van der Waals surface area (Å²) in [7, 11) is 0. The highest BCUT2D eigenvalue weighted by molar-refractivity contribution is 5.88. The molecule has 0 amide bonds. The average Bonchev–Trinajstić information content (AvgIpc) is 3.06. The molecule has 4 aromatic carbocycles. The summed E-state index contributed by atoms with van der Waals surface area (Å²) in [5.74, 6) is 0. The van der Waals surface area contributed by atoms with Crippen LogP contribution in [0.15, 0.2) is 91.0 Å². The Kier molecular flexibility index (Phi) is 4.17. The first-order chi connectivity index (χ1) is 14.2. The van der Waals surface area contributed by atoms with Crippen molar-refractivity contribution in [2.45, 2.75) is 32.6 Å². The predicted molar refractivity (Wildman–Crippen MR) is 123 cm³/mol. The van der Waals surface area contributed by atoms with Crippen LogP contribution in [0.2, 0.25) is 0 Å². The highest BCUT2D eigenvalue weighted by Crippen LogP contribution is 2.58. The molecule has 0 bridgehead atoms. The lowest BCUT2D eigenvalue weighted by molar-refractivity contribution is 0.742.